The van der Waals surface area contributed by atoms with Crippen LogP contribution in [0.1, 0.15) is 54.7 Å². The Morgan fingerprint density at radius 3 is 2.30 bits per heavy atom. The number of nitrogens with zero attached hydrogens (tertiary/aromatic N) is 4. The summed E-state index contributed by atoms with van der Waals surface area (Å²) in [5.41, 5.74) is 1.85. The molecule has 0 spiro atoms. The average molecular weight is 596 g/mol. The van der Waals surface area contributed by atoms with Crippen molar-refractivity contribution in [2.24, 2.45) is 5.92 Å². The molecule has 2 heterocycles. The maximum absolute atomic E-state index is 13.4. The summed E-state index contributed by atoms with van der Waals surface area (Å²) in [6, 6.07) is 23.7. The van der Waals surface area contributed by atoms with Crippen molar-refractivity contribution in [3.63, 3.8) is 0 Å². The number of carbonyl (C=O) groups is 1. The third-order valence-corrected chi connectivity index (χ3v) is 10.2. The predicted octanol–water partition coefficient (Wildman–Crippen LogP) is 6.20. The van der Waals surface area contributed by atoms with E-state index in [1.54, 1.807) is 48.5 Å². The van der Waals surface area contributed by atoms with Crippen LogP contribution in [0.4, 0.5) is 5.82 Å². The fraction of sp³-hybridized carbons (Fsp3) is 0.324. The van der Waals surface area contributed by atoms with Crippen LogP contribution in [0.5, 0.6) is 0 Å². The molecular formula is C34H37N5O3S. The highest BCUT2D eigenvalue weighted by Gasteiger charge is 2.27. The minimum Gasteiger partial charge on any atom is -0.362 e. The van der Waals surface area contributed by atoms with Crippen LogP contribution < -0.4 is 10.2 Å². The van der Waals surface area contributed by atoms with Gasteiger partial charge in [0.1, 0.15) is 11.6 Å². The van der Waals surface area contributed by atoms with E-state index in [-0.39, 0.29) is 16.8 Å². The van der Waals surface area contributed by atoms with Gasteiger partial charge in [-0.3, -0.25) is 4.79 Å². The zero-order valence-corrected chi connectivity index (χ0v) is 25.4. The Bertz CT molecular complexity index is 1860. The maximum Gasteiger partial charge on any atom is 0.268 e. The van der Waals surface area contributed by atoms with Crippen LogP contribution in [-0.4, -0.2) is 48.4 Å². The summed E-state index contributed by atoms with van der Waals surface area (Å²) < 4.78 is 28.1. The molecule has 5 aromatic rings. The van der Waals surface area contributed by atoms with Crippen LogP contribution >= 0.6 is 0 Å². The summed E-state index contributed by atoms with van der Waals surface area (Å²) in [6.45, 7) is 0. The summed E-state index contributed by atoms with van der Waals surface area (Å²) in [5, 5.41) is 4.89. The van der Waals surface area contributed by atoms with Crippen molar-refractivity contribution >= 4 is 43.6 Å². The molecule has 0 bridgehead atoms. The molecule has 0 unspecified atom stereocenters. The zero-order valence-electron chi connectivity index (χ0n) is 24.6. The Hall–Kier alpha value is -4.24. The number of nitrogens with one attached hydrogen (secondary N) is 1. The van der Waals surface area contributed by atoms with Gasteiger partial charge in [0.25, 0.3) is 15.9 Å². The fourth-order valence-electron chi connectivity index (χ4n) is 6.20. The number of fused-ring (bicyclic) bond motifs is 2. The third kappa shape index (κ3) is 5.99. The molecule has 0 saturated heterocycles. The zero-order chi connectivity index (χ0) is 30.0. The van der Waals surface area contributed by atoms with Crippen molar-refractivity contribution in [2.45, 2.75) is 55.9 Å². The van der Waals surface area contributed by atoms with Gasteiger partial charge in [-0.2, -0.15) is 0 Å². The molecule has 222 valence electrons. The van der Waals surface area contributed by atoms with E-state index in [1.807, 2.05) is 43.3 Å². The highest BCUT2D eigenvalue weighted by molar-refractivity contribution is 7.90. The molecule has 1 saturated carbocycles. The van der Waals surface area contributed by atoms with Crippen LogP contribution in [0.2, 0.25) is 0 Å². The SMILES string of the molecule is CN(C)c1nc(CCCC2CCC(NC(=O)c3cn(S(=O)(=O)c4ccccc4)c4ccccc34)CC2)nc2ccccc12. The molecule has 1 aliphatic rings. The first kappa shape index (κ1) is 28.9. The van der Waals surface area contributed by atoms with Crippen molar-refractivity contribution < 1.29 is 13.2 Å². The Morgan fingerprint density at radius 1 is 0.884 bits per heavy atom. The normalized spacial score (nSPS) is 17.3. The molecule has 0 aliphatic heterocycles. The second kappa shape index (κ2) is 12.2. The van der Waals surface area contributed by atoms with E-state index in [0.717, 1.165) is 67.5 Å². The van der Waals surface area contributed by atoms with Crippen LogP contribution in [0.25, 0.3) is 21.8 Å². The minimum atomic E-state index is -3.84. The lowest BCUT2D eigenvalue weighted by molar-refractivity contribution is 0.0922. The molecule has 0 radical (unpaired) electrons. The summed E-state index contributed by atoms with van der Waals surface area (Å²) in [5.74, 6) is 2.22. The smallest absolute Gasteiger partial charge is 0.268 e. The molecule has 43 heavy (non-hydrogen) atoms. The lowest BCUT2D eigenvalue weighted by Gasteiger charge is -2.29. The molecule has 8 nitrogen and oxygen atoms in total. The van der Waals surface area contributed by atoms with Gasteiger partial charge in [-0.05, 0) is 68.4 Å². The van der Waals surface area contributed by atoms with E-state index in [4.69, 9.17) is 9.97 Å². The summed E-state index contributed by atoms with van der Waals surface area (Å²) >= 11 is 0. The topological polar surface area (TPSA) is 97.2 Å². The molecule has 3 aromatic carbocycles. The predicted molar refractivity (Wildman–Crippen MR) is 171 cm³/mol. The van der Waals surface area contributed by atoms with E-state index < -0.39 is 10.0 Å². The number of amides is 1. The van der Waals surface area contributed by atoms with E-state index in [1.165, 1.54) is 10.2 Å². The Kier molecular flexibility index (Phi) is 8.17. The molecule has 1 amide bonds. The summed E-state index contributed by atoms with van der Waals surface area (Å²) in [7, 11) is 0.189. The van der Waals surface area contributed by atoms with Crippen LogP contribution in [0, 0.1) is 5.92 Å². The van der Waals surface area contributed by atoms with Crippen LogP contribution in [-0.2, 0) is 16.4 Å². The molecule has 1 fully saturated rings. The maximum atomic E-state index is 13.4. The fourth-order valence-corrected chi connectivity index (χ4v) is 7.59. The Balaban J connectivity index is 1.07. The van der Waals surface area contributed by atoms with Crippen molar-refractivity contribution in [2.75, 3.05) is 19.0 Å². The van der Waals surface area contributed by atoms with E-state index in [0.29, 0.717) is 22.4 Å². The number of carbonyl (C=O) groups excluding carboxylic acids is 1. The second-order valence-corrected chi connectivity index (χ2v) is 13.4. The first-order valence-corrected chi connectivity index (χ1v) is 16.4. The molecule has 6 rings (SSSR count). The number of hydrogen-bond acceptors (Lipinski definition) is 6. The first-order chi connectivity index (χ1) is 20.8. The van der Waals surface area contributed by atoms with Gasteiger partial charge in [0, 0.05) is 43.5 Å². The van der Waals surface area contributed by atoms with Gasteiger partial charge in [0.2, 0.25) is 0 Å². The lowest BCUT2D eigenvalue weighted by Crippen LogP contribution is -2.37. The second-order valence-electron chi connectivity index (χ2n) is 11.6. The van der Waals surface area contributed by atoms with Crippen LogP contribution in [0.3, 0.4) is 0 Å². The largest absolute Gasteiger partial charge is 0.362 e. The monoisotopic (exact) mass is 595 g/mol. The summed E-state index contributed by atoms with van der Waals surface area (Å²) in [6.07, 6.45) is 8.38. The number of benzene rings is 3. The van der Waals surface area contributed by atoms with E-state index in [9.17, 15) is 13.2 Å². The molecular weight excluding hydrogens is 558 g/mol. The Labute approximate surface area is 252 Å². The number of aryl methyl sites for hydroxylation is 1. The number of hydrogen-bond donors (Lipinski definition) is 1. The average Bonchev–Trinajstić information content (AvgIpc) is 3.43. The van der Waals surface area contributed by atoms with Crippen LogP contribution in [0.15, 0.2) is 90.0 Å². The standard InChI is InChI=1S/C34H37N5O3S/c1-38(2)33-28-15-6-8-16-30(28)36-32(37-33)18-10-11-24-19-21-25(22-20-24)35-34(40)29-23-39(31-17-9-7-14-27(29)31)43(41,42)26-12-4-3-5-13-26/h3-9,12-17,23-25H,10-11,18-22H2,1-2H3,(H,35,40). The Morgan fingerprint density at radius 2 is 1.56 bits per heavy atom. The van der Waals surface area contributed by atoms with Gasteiger partial charge in [-0.25, -0.2) is 22.4 Å². The van der Waals surface area contributed by atoms with Gasteiger partial charge in [-0.1, -0.05) is 55.0 Å². The van der Waals surface area contributed by atoms with Crippen molar-refractivity contribution in [1.82, 2.24) is 19.3 Å². The van der Waals surface area contributed by atoms with Gasteiger partial charge >= 0.3 is 0 Å². The van der Waals surface area contributed by atoms with Gasteiger partial charge in [-0.15, -0.1) is 0 Å². The minimum absolute atomic E-state index is 0.0723. The summed E-state index contributed by atoms with van der Waals surface area (Å²) in [4.78, 5) is 25.3. The molecule has 0 atom stereocenters. The molecule has 2 aromatic heterocycles. The molecule has 9 heteroatoms. The number of anilines is 1. The quantitative estimate of drug-likeness (QED) is 0.218. The highest BCUT2D eigenvalue weighted by atomic mass is 32.2. The third-order valence-electron chi connectivity index (χ3n) is 8.47. The first-order valence-electron chi connectivity index (χ1n) is 15.0. The van der Waals surface area contributed by atoms with Crippen molar-refractivity contribution in [3.8, 4) is 0 Å². The van der Waals surface area contributed by atoms with Crippen molar-refractivity contribution in [1.29, 1.82) is 0 Å². The van der Waals surface area contributed by atoms with Gasteiger partial charge in [0.15, 0.2) is 0 Å². The van der Waals surface area contributed by atoms with E-state index in [2.05, 4.69) is 11.4 Å². The number of rotatable bonds is 9. The number of para-hydroxylation sites is 2. The van der Waals surface area contributed by atoms with Gasteiger partial charge in [0.05, 0.1) is 21.5 Å². The van der Waals surface area contributed by atoms with Crippen molar-refractivity contribution in [3.05, 3.63) is 96.4 Å². The highest BCUT2D eigenvalue weighted by Crippen LogP contribution is 2.30. The van der Waals surface area contributed by atoms with E-state index >= 15 is 0 Å². The lowest BCUT2D eigenvalue weighted by atomic mass is 9.83. The molecule has 1 N–H and O–H groups in total. The van der Waals surface area contributed by atoms with Gasteiger partial charge < -0.3 is 10.2 Å². The number of aromatic nitrogens is 3. The molecule has 1 aliphatic carbocycles.